The summed E-state index contributed by atoms with van der Waals surface area (Å²) < 4.78 is 23.8. The van der Waals surface area contributed by atoms with Crippen LogP contribution in [0.2, 0.25) is 0 Å². The Labute approximate surface area is 194 Å². The van der Waals surface area contributed by atoms with Crippen LogP contribution in [0.4, 0.5) is 0 Å². The molecule has 4 nitrogen and oxygen atoms in total. The molecule has 0 saturated heterocycles. The minimum Gasteiger partial charge on any atom is -0.395 e. The molecule has 4 aromatic rings. The van der Waals surface area contributed by atoms with E-state index in [4.69, 9.17) is 9.05 Å². The fourth-order valence-electron chi connectivity index (χ4n) is 4.49. The molecule has 0 fully saturated rings. The van der Waals surface area contributed by atoms with E-state index < -0.39 is 7.82 Å². The molecule has 33 heavy (non-hydrogen) atoms. The van der Waals surface area contributed by atoms with Gasteiger partial charge < -0.3 is 9.05 Å². The summed E-state index contributed by atoms with van der Waals surface area (Å²) in [5, 5.41) is 4.02. The third-order valence-electron chi connectivity index (χ3n) is 6.37. The highest BCUT2D eigenvalue weighted by Gasteiger charge is 2.34. The van der Waals surface area contributed by atoms with Crippen molar-refractivity contribution in [3.05, 3.63) is 71.8 Å². The summed E-state index contributed by atoms with van der Waals surface area (Å²) in [6.07, 6.45) is 0. The number of phosphoric ester groups is 1. The van der Waals surface area contributed by atoms with Crippen LogP contribution in [0.1, 0.15) is 52.7 Å². The van der Waals surface area contributed by atoms with Crippen LogP contribution < -0.4 is 9.05 Å². The van der Waals surface area contributed by atoms with Gasteiger partial charge in [-0.15, -0.1) is 0 Å². The van der Waals surface area contributed by atoms with E-state index in [2.05, 4.69) is 77.9 Å². The van der Waals surface area contributed by atoms with Crippen molar-refractivity contribution in [2.75, 3.05) is 0 Å². The molecule has 4 aromatic carbocycles. The summed E-state index contributed by atoms with van der Waals surface area (Å²) in [6, 6.07) is 20.2. The Hall–Kier alpha value is -2.81. The standard InChI is InChI=1S/C28H29O4P/c1-27(2,3)19-9-11-21-17(15-19)7-13-23-25(21)26-22-12-10-20(28(4,5)6)16-18(22)8-14-24(26)32-33(29,30)31-23/h7-16H,1-6H3,(H,29,30). The highest BCUT2D eigenvalue weighted by molar-refractivity contribution is 7.48. The number of rotatable bonds is 0. The van der Waals surface area contributed by atoms with Crippen LogP contribution in [0.15, 0.2) is 60.7 Å². The molecule has 5 rings (SSSR count). The van der Waals surface area contributed by atoms with Crippen LogP contribution in [0.5, 0.6) is 11.5 Å². The third-order valence-corrected chi connectivity index (χ3v) is 7.23. The Bertz CT molecular complexity index is 1360. The van der Waals surface area contributed by atoms with Crippen LogP contribution in [0.25, 0.3) is 32.7 Å². The van der Waals surface area contributed by atoms with Gasteiger partial charge in [0, 0.05) is 11.1 Å². The van der Waals surface area contributed by atoms with E-state index in [1.807, 2.05) is 12.1 Å². The molecule has 0 radical (unpaired) electrons. The van der Waals surface area contributed by atoms with Gasteiger partial charge in [0.15, 0.2) is 0 Å². The number of fused-ring (bicyclic) bond motifs is 7. The first kappa shape index (κ1) is 22.0. The lowest BCUT2D eigenvalue weighted by Crippen LogP contribution is -2.10. The SMILES string of the molecule is CC(C)(C)c1ccc2c3c(ccc2c1)OP(=O)(O)Oc1ccc2cc(C(C)(C)C)ccc2c1-3. The van der Waals surface area contributed by atoms with Crippen LogP contribution in [0, 0.1) is 0 Å². The molecule has 0 amide bonds. The highest BCUT2D eigenvalue weighted by atomic mass is 31.2. The van der Waals surface area contributed by atoms with E-state index in [0.717, 1.165) is 32.7 Å². The third kappa shape index (κ3) is 3.82. The normalized spacial score (nSPS) is 15.4. The van der Waals surface area contributed by atoms with Gasteiger partial charge in [-0.3, -0.25) is 4.89 Å². The Morgan fingerprint density at radius 2 is 1.03 bits per heavy atom. The zero-order valence-corrected chi connectivity index (χ0v) is 20.8. The van der Waals surface area contributed by atoms with Crippen LogP contribution in [-0.2, 0) is 15.4 Å². The van der Waals surface area contributed by atoms with Gasteiger partial charge in [-0.2, -0.15) is 0 Å². The van der Waals surface area contributed by atoms with Gasteiger partial charge in [-0.05, 0) is 55.6 Å². The van der Waals surface area contributed by atoms with Gasteiger partial charge in [0.25, 0.3) is 0 Å². The maximum Gasteiger partial charge on any atom is 0.584 e. The van der Waals surface area contributed by atoms with Crippen molar-refractivity contribution in [2.45, 2.75) is 52.4 Å². The largest absolute Gasteiger partial charge is 0.584 e. The molecule has 1 aliphatic heterocycles. The van der Waals surface area contributed by atoms with E-state index >= 15 is 0 Å². The lowest BCUT2D eigenvalue weighted by Gasteiger charge is -2.21. The van der Waals surface area contributed by atoms with E-state index in [-0.39, 0.29) is 10.8 Å². The quantitative estimate of drug-likeness (QED) is 0.269. The van der Waals surface area contributed by atoms with Crippen LogP contribution >= 0.6 is 7.82 Å². The van der Waals surface area contributed by atoms with Gasteiger partial charge in [0.1, 0.15) is 11.5 Å². The predicted octanol–water partition coefficient (Wildman–Crippen LogP) is 8.13. The maximum absolute atomic E-state index is 12.7. The molecule has 0 bridgehead atoms. The van der Waals surface area contributed by atoms with Crippen molar-refractivity contribution in [3.63, 3.8) is 0 Å². The van der Waals surface area contributed by atoms with Crippen LogP contribution in [-0.4, -0.2) is 4.89 Å². The minimum atomic E-state index is -4.32. The topological polar surface area (TPSA) is 55.8 Å². The first-order chi connectivity index (χ1) is 15.3. The van der Waals surface area contributed by atoms with Crippen molar-refractivity contribution in [2.24, 2.45) is 0 Å². The van der Waals surface area contributed by atoms with Gasteiger partial charge >= 0.3 is 7.82 Å². The first-order valence-electron chi connectivity index (χ1n) is 11.2. The van der Waals surface area contributed by atoms with E-state index in [9.17, 15) is 9.46 Å². The number of benzene rings is 4. The molecule has 0 atom stereocenters. The summed E-state index contributed by atoms with van der Waals surface area (Å²) in [5.74, 6) is 0.700. The van der Waals surface area contributed by atoms with Gasteiger partial charge in [-0.25, -0.2) is 4.57 Å². The van der Waals surface area contributed by atoms with Crippen molar-refractivity contribution < 1.29 is 18.5 Å². The molecular weight excluding hydrogens is 431 g/mol. The maximum atomic E-state index is 12.7. The summed E-state index contributed by atoms with van der Waals surface area (Å²) >= 11 is 0. The number of phosphoric acid groups is 1. The molecular formula is C28H29O4P. The average Bonchev–Trinajstić information content (AvgIpc) is 2.83. The second-order valence-corrected chi connectivity index (χ2v) is 12.2. The van der Waals surface area contributed by atoms with Gasteiger partial charge in [0.2, 0.25) is 0 Å². The molecule has 170 valence electrons. The smallest absolute Gasteiger partial charge is 0.395 e. The highest BCUT2D eigenvalue weighted by Crippen LogP contribution is 2.57. The molecule has 5 heteroatoms. The Morgan fingerprint density at radius 1 is 0.636 bits per heavy atom. The van der Waals surface area contributed by atoms with E-state index in [0.29, 0.717) is 11.5 Å². The van der Waals surface area contributed by atoms with Crippen molar-refractivity contribution >= 4 is 29.4 Å². The van der Waals surface area contributed by atoms with Crippen molar-refractivity contribution in [3.8, 4) is 22.6 Å². The second-order valence-electron chi connectivity index (χ2n) is 10.9. The molecule has 0 unspecified atom stereocenters. The fraction of sp³-hybridized carbons (Fsp3) is 0.286. The zero-order valence-electron chi connectivity index (χ0n) is 19.9. The van der Waals surface area contributed by atoms with Gasteiger partial charge in [-0.1, -0.05) is 90.1 Å². The fourth-order valence-corrected chi connectivity index (χ4v) is 5.33. The summed E-state index contributed by atoms with van der Waals surface area (Å²) in [6.45, 7) is 13.1. The Balaban J connectivity index is 1.88. The predicted molar refractivity (Wildman–Crippen MR) is 135 cm³/mol. The van der Waals surface area contributed by atoms with Crippen molar-refractivity contribution in [1.82, 2.24) is 0 Å². The number of hydrogen-bond donors (Lipinski definition) is 1. The second kappa shape index (κ2) is 7.09. The lowest BCUT2D eigenvalue weighted by molar-refractivity contribution is 0.294. The molecule has 1 heterocycles. The van der Waals surface area contributed by atoms with Crippen LogP contribution in [0.3, 0.4) is 0 Å². The molecule has 0 aliphatic carbocycles. The molecule has 1 aliphatic rings. The molecule has 0 spiro atoms. The monoisotopic (exact) mass is 460 g/mol. The van der Waals surface area contributed by atoms with Gasteiger partial charge in [0.05, 0.1) is 0 Å². The molecule has 0 aromatic heterocycles. The summed E-state index contributed by atoms with van der Waals surface area (Å²) in [5.41, 5.74) is 4.03. The average molecular weight is 461 g/mol. The lowest BCUT2D eigenvalue weighted by atomic mass is 9.83. The number of hydrogen-bond acceptors (Lipinski definition) is 3. The molecule has 0 saturated carbocycles. The summed E-state index contributed by atoms with van der Waals surface area (Å²) in [4.78, 5) is 10.4. The van der Waals surface area contributed by atoms with E-state index in [1.165, 1.54) is 11.1 Å². The minimum absolute atomic E-state index is 0.00928. The van der Waals surface area contributed by atoms with Crippen molar-refractivity contribution in [1.29, 1.82) is 0 Å². The zero-order chi connectivity index (χ0) is 23.8. The first-order valence-corrected chi connectivity index (χ1v) is 12.7. The Morgan fingerprint density at radius 3 is 1.39 bits per heavy atom. The van der Waals surface area contributed by atoms with E-state index in [1.54, 1.807) is 12.1 Å². The Kier molecular flexibility index (Phi) is 4.73. The summed E-state index contributed by atoms with van der Waals surface area (Å²) in [7, 11) is -4.32. The molecule has 1 N–H and O–H groups in total.